The average Bonchev–Trinajstić information content (AvgIpc) is 2.14. The summed E-state index contributed by atoms with van der Waals surface area (Å²) in [5, 5.41) is 3.01. The molecule has 4 heteroatoms. The fraction of sp³-hybridized carbons (Fsp3) is 0.667. The van der Waals surface area contributed by atoms with Gasteiger partial charge in [0.15, 0.2) is 5.96 Å². The van der Waals surface area contributed by atoms with Crippen LogP contribution in [-0.2, 0) is 0 Å². The fourth-order valence-corrected chi connectivity index (χ4v) is 1.18. The van der Waals surface area contributed by atoms with Crippen molar-refractivity contribution in [1.82, 2.24) is 5.32 Å². The molecule has 0 radical (unpaired) electrons. The summed E-state index contributed by atoms with van der Waals surface area (Å²) in [5.41, 5.74) is 5.56. The lowest BCUT2D eigenvalue weighted by atomic mass is 10.5. The van der Waals surface area contributed by atoms with Crippen LogP contribution in [0.5, 0.6) is 0 Å². The van der Waals surface area contributed by atoms with Gasteiger partial charge in [0, 0.05) is 18.8 Å². The van der Waals surface area contributed by atoms with Gasteiger partial charge in [-0.2, -0.15) is 0 Å². The van der Waals surface area contributed by atoms with Gasteiger partial charge in [-0.1, -0.05) is 12.8 Å². The first kappa shape index (κ1) is 12.2. The van der Waals surface area contributed by atoms with Crippen LogP contribution in [0.4, 0.5) is 0 Å². The highest BCUT2D eigenvalue weighted by atomic mass is 32.2. The van der Waals surface area contributed by atoms with Crippen LogP contribution in [0, 0.1) is 12.3 Å². The van der Waals surface area contributed by atoms with Crippen LogP contribution in [0.25, 0.3) is 0 Å². The molecule has 3 nitrogen and oxygen atoms in total. The number of aliphatic imine (C=N–C) groups is 1. The summed E-state index contributed by atoms with van der Waals surface area (Å²) >= 11 is 1.71. The first-order valence-electron chi connectivity index (χ1n) is 4.36. The third-order valence-corrected chi connectivity index (χ3v) is 2.11. The molecule has 0 spiro atoms. The maximum atomic E-state index is 5.56. The fourth-order valence-electron chi connectivity index (χ4n) is 0.671. The van der Waals surface area contributed by atoms with Gasteiger partial charge in [-0.25, -0.2) is 0 Å². The first-order chi connectivity index (χ1) is 6.31. The van der Waals surface area contributed by atoms with Crippen LogP contribution in [0.2, 0.25) is 0 Å². The van der Waals surface area contributed by atoms with Crippen LogP contribution in [0.1, 0.15) is 13.3 Å². The molecule has 0 rings (SSSR count). The van der Waals surface area contributed by atoms with Crippen LogP contribution >= 0.6 is 11.8 Å². The number of nitrogens with one attached hydrogen (secondary N) is 1. The molecule has 0 saturated heterocycles. The minimum absolute atomic E-state index is 0.531. The van der Waals surface area contributed by atoms with E-state index in [2.05, 4.69) is 23.2 Å². The molecule has 0 aromatic heterocycles. The summed E-state index contributed by atoms with van der Waals surface area (Å²) < 4.78 is 0. The van der Waals surface area contributed by atoms with Crippen LogP contribution in [-0.4, -0.2) is 30.6 Å². The molecule has 0 fully saturated rings. The molecule has 0 amide bonds. The van der Waals surface area contributed by atoms with Crippen LogP contribution < -0.4 is 11.1 Å². The summed E-state index contributed by atoms with van der Waals surface area (Å²) in [6.07, 6.45) is 6.12. The Morgan fingerprint density at radius 2 is 2.46 bits per heavy atom. The van der Waals surface area contributed by atoms with Crippen molar-refractivity contribution in [3.8, 4) is 12.3 Å². The van der Waals surface area contributed by atoms with Crippen LogP contribution in [0.15, 0.2) is 4.99 Å². The van der Waals surface area contributed by atoms with E-state index in [1.54, 1.807) is 11.8 Å². The zero-order valence-electron chi connectivity index (χ0n) is 8.05. The lowest BCUT2D eigenvalue weighted by Crippen LogP contribution is -2.33. The number of nitrogens with two attached hydrogens (primary N) is 1. The predicted octanol–water partition coefficient (Wildman–Crippen LogP) is 0.667. The number of terminal acetylenes is 1. The van der Waals surface area contributed by atoms with E-state index in [0.29, 0.717) is 5.96 Å². The van der Waals surface area contributed by atoms with Gasteiger partial charge in [0.25, 0.3) is 0 Å². The van der Waals surface area contributed by atoms with E-state index >= 15 is 0 Å². The number of rotatable bonds is 6. The molecular formula is C9H17N3S. The van der Waals surface area contributed by atoms with Gasteiger partial charge in [0.05, 0.1) is 5.75 Å². The summed E-state index contributed by atoms with van der Waals surface area (Å²) in [5.74, 6) is 4.82. The molecule has 0 bridgehead atoms. The third-order valence-electron chi connectivity index (χ3n) is 1.24. The highest BCUT2D eigenvalue weighted by Crippen LogP contribution is 1.94. The zero-order valence-corrected chi connectivity index (χ0v) is 8.86. The monoisotopic (exact) mass is 199 g/mol. The molecule has 74 valence electrons. The molecule has 0 heterocycles. The number of hydrogen-bond acceptors (Lipinski definition) is 2. The quantitative estimate of drug-likeness (QED) is 0.286. The Balaban J connectivity index is 3.27. The maximum Gasteiger partial charge on any atom is 0.188 e. The SMILES string of the molecule is C#CCSCCNC(N)=NCCC. The van der Waals surface area contributed by atoms with Gasteiger partial charge >= 0.3 is 0 Å². The summed E-state index contributed by atoms with van der Waals surface area (Å²) in [6.45, 7) is 3.68. The predicted molar refractivity (Wildman–Crippen MR) is 60.9 cm³/mol. The Kier molecular flexibility index (Phi) is 8.68. The molecular weight excluding hydrogens is 182 g/mol. The van der Waals surface area contributed by atoms with Crippen molar-refractivity contribution in [3.05, 3.63) is 0 Å². The van der Waals surface area contributed by atoms with Gasteiger partial charge in [0.2, 0.25) is 0 Å². The smallest absolute Gasteiger partial charge is 0.188 e. The Morgan fingerprint density at radius 1 is 1.69 bits per heavy atom. The minimum atomic E-state index is 0.531. The summed E-state index contributed by atoms with van der Waals surface area (Å²) in [4.78, 5) is 4.09. The standard InChI is InChI=1S/C9H17N3S/c1-3-5-11-9(10)12-6-8-13-7-4-2/h2H,3,5-8H2,1H3,(H3,10,11,12). The zero-order chi connectivity index (χ0) is 9.94. The highest BCUT2D eigenvalue weighted by Gasteiger charge is 1.89. The molecule has 0 atom stereocenters. The minimum Gasteiger partial charge on any atom is -0.370 e. The Morgan fingerprint density at radius 3 is 3.08 bits per heavy atom. The Bertz CT molecular complexity index is 184. The molecule has 0 unspecified atom stereocenters. The van der Waals surface area contributed by atoms with Gasteiger partial charge in [-0.15, -0.1) is 18.2 Å². The molecule has 3 N–H and O–H groups in total. The van der Waals surface area contributed by atoms with E-state index in [9.17, 15) is 0 Å². The van der Waals surface area contributed by atoms with Gasteiger partial charge in [-0.05, 0) is 6.42 Å². The lowest BCUT2D eigenvalue weighted by Gasteiger charge is -2.03. The molecule has 13 heavy (non-hydrogen) atoms. The largest absolute Gasteiger partial charge is 0.370 e. The number of guanidine groups is 1. The second-order valence-corrected chi connectivity index (χ2v) is 3.56. The Labute approximate surface area is 84.6 Å². The second-order valence-electron chi connectivity index (χ2n) is 2.45. The number of thioether (sulfide) groups is 1. The number of nitrogens with zero attached hydrogens (tertiary/aromatic N) is 1. The summed E-state index contributed by atoms with van der Waals surface area (Å²) in [6, 6.07) is 0. The molecule has 0 aromatic rings. The third kappa shape index (κ3) is 9.09. The molecule has 0 aliphatic rings. The normalized spacial score (nSPS) is 10.9. The van der Waals surface area contributed by atoms with Gasteiger partial charge in [-0.3, -0.25) is 4.99 Å². The molecule has 0 aliphatic heterocycles. The van der Waals surface area contributed by atoms with E-state index < -0.39 is 0 Å². The number of hydrogen-bond donors (Lipinski definition) is 2. The van der Waals surface area contributed by atoms with E-state index in [-0.39, 0.29) is 0 Å². The summed E-state index contributed by atoms with van der Waals surface area (Å²) in [7, 11) is 0. The maximum absolute atomic E-state index is 5.56. The molecule has 0 aromatic carbocycles. The van der Waals surface area contributed by atoms with Crippen molar-refractivity contribution in [1.29, 1.82) is 0 Å². The van der Waals surface area contributed by atoms with Crippen molar-refractivity contribution in [3.63, 3.8) is 0 Å². The Hall–Kier alpha value is -0.820. The van der Waals surface area contributed by atoms with Crippen LogP contribution in [0.3, 0.4) is 0 Å². The van der Waals surface area contributed by atoms with E-state index in [1.165, 1.54) is 0 Å². The van der Waals surface area contributed by atoms with Crippen molar-refractivity contribution < 1.29 is 0 Å². The van der Waals surface area contributed by atoms with Crippen molar-refractivity contribution in [2.24, 2.45) is 10.7 Å². The molecule has 0 saturated carbocycles. The van der Waals surface area contributed by atoms with E-state index in [1.807, 2.05) is 0 Å². The van der Waals surface area contributed by atoms with E-state index in [0.717, 1.165) is 31.0 Å². The van der Waals surface area contributed by atoms with Gasteiger partial charge in [0.1, 0.15) is 0 Å². The highest BCUT2D eigenvalue weighted by molar-refractivity contribution is 7.99. The molecule has 0 aliphatic carbocycles. The lowest BCUT2D eigenvalue weighted by molar-refractivity contribution is 0.892. The first-order valence-corrected chi connectivity index (χ1v) is 5.51. The average molecular weight is 199 g/mol. The van der Waals surface area contributed by atoms with E-state index in [4.69, 9.17) is 12.2 Å². The van der Waals surface area contributed by atoms with Crippen molar-refractivity contribution in [2.45, 2.75) is 13.3 Å². The van der Waals surface area contributed by atoms with Crippen molar-refractivity contribution in [2.75, 3.05) is 24.6 Å². The second kappa shape index (κ2) is 9.27. The van der Waals surface area contributed by atoms with Gasteiger partial charge < -0.3 is 11.1 Å². The van der Waals surface area contributed by atoms with Crippen molar-refractivity contribution >= 4 is 17.7 Å². The topological polar surface area (TPSA) is 50.4 Å².